The summed E-state index contributed by atoms with van der Waals surface area (Å²) in [6.45, 7) is 17.2. The maximum absolute atomic E-state index is 3.86. The molecule has 0 aromatic heterocycles. The van der Waals surface area contributed by atoms with Crippen LogP contribution in [0.1, 0.15) is 66.7 Å². The molecule has 2 heteroatoms. The molecule has 2 aliphatic rings. The first-order valence-electron chi connectivity index (χ1n) is 9.37. The predicted octanol–water partition coefficient (Wildman–Crippen LogP) is 4.16. The van der Waals surface area contributed by atoms with E-state index in [2.05, 4.69) is 44.8 Å². The van der Waals surface area contributed by atoms with Crippen molar-refractivity contribution in [1.82, 2.24) is 10.2 Å². The molecule has 1 heterocycles. The van der Waals surface area contributed by atoms with Crippen LogP contribution in [-0.4, -0.2) is 37.1 Å². The van der Waals surface area contributed by atoms with Gasteiger partial charge in [0, 0.05) is 12.6 Å². The molecular formula is C19H38N2. The van der Waals surface area contributed by atoms with Crippen molar-refractivity contribution in [3.8, 4) is 0 Å². The minimum atomic E-state index is 0.572. The molecule has 2 nitrogen and oxygen atoms in total. The van der Waals surface area contributed by atoms with Crippen molar-refractivity contribution >= 4 is 0 Å². The van der Waals surface area contributed by atoms with Crippen LogP contribution < -0.4 is 5.32 Å². The lowest BCUT2D eigenvalue weighted by Crippen LogP contribution is -2.50. The van der Waals surface area contributed by atoms with Gasteiger partial charge < -0.3 is 10.2 Å². The fraction of sp³-hybridized carbons (Fsp3) is 1.00. The maximum atomic E-state index is 3.86. The largest absolute Gasteiger partial charge is 0.314 e. The number of rotatable bonds is 5. The van der Waals surface area contributed by atoms with Crippen LogP contribution in [0.3, 0.4) is 0 Å². The lowest BCUT2D eigenvalue weighted by Gasteiger charge is -2.45. The molecule has 2 rings (SSSR count). The standard InChI is InChI=1S/C19H38N2/c1-6-9-20-18-13-15(2)12-16(3)17(18)14-21-10-7-19(4,5)8-11-21/h15-18,20H,6-14H2,1-5H3. The summed E-state index contributed by atoms with van der Waals surface area (Å²) >= 11 is 0. The van der Waals surface area contributed by atoms with Gasteiger partial charge in [-0.15, -0.1) is 0 Å². The molecule has 124 valence electrons. The third kappa shape index (κ3) is 4.96. The van der Waals surface area contributed by atoms with Gasteiger partial charge in [-0.1, -0.05) is 34.6 Å². The number of nitrogens with zero attached hydrogens (tertiary/aromatic N) is 1. The Morgan fingerprint density at radius 2 is 1.76 bits per heavy atom. The van der Waals surface area contributed by atoms with Gasteiger partial charge in [0.2, 0.25) is 0 Å². The molecule has 1 saturated carbocycles. The van der Waals surface area contributed by atoms with Crippen molar-refractivity contribution in [2.45, 2.75) is 72.8 Å². The molecule has 1 aliphatic heterocycles. The first kappa shape index (κ1) is 17.3. The Balaban J connectivity index is 1.91. The van der Waals surface area contributed by atoms with E-state index in [1.165, 1.54) is 58.3 Å². The Morgan fingerprint density at radius 3 is 2.38 bits per heavy atom. The van der Waals surface area contributed by atoms with Gasteiger partial charge in [0.05, 0.1) is 0 Å². The van der Waals surface area contributed by atoms with Crippen molar-refractivity contribution in [2.24, 2.45) is 23.2 Å². The van der Waals surface area contributed by atoms with E-state index in [0.29, 0.717) is 5.41 Å². The van der Waals surface area contributed by atoms with E-state index < -0.39 is 0 Å². The zero-order valence-corrected chi connectivity index (χ0v) is 15.1. The molecule has 0 radical (unpaired) electrons. The molecule has 1 aliphatic carbocycles. The van der Waals surface area contributed by atoms with E-state index in [4.69, 9.17) is 0 Å². The predicted molar refractivity (Wildman–Crippen MR) is 92.6 cm³/mol. The summed E-state index contributed by atoms with van der Waals surface area (Å²) in [6.07, 6.45) is 6.81. The highest BCUT2D eigenvalue weighted by Crippen LogP contribution is 2.36. The molecule has 0 aromatic carbocycles. The third-order valence-corrected chi connectivity index (χ3v) is 6.01. The zero-order chi connectivity index (χ0) is 15.5. The van der Waals surface area contributed by atoms with E-state index in [1.807, 2.05) is 0 Å². The smallest absolute Gasteiger partial charge is 0.0113 e. The topological polar surface area (TPSA) is 15.3 Å². The van der Waals surface area contributed by atoms with Crippen molar-refractivity contribution in [1.29, 1.82) is 0 Å². The third-order valence-electron chi connectivity index (χ3n) is 6.01. The molecular weight excluding hydrogens is 256 g/mol. The van der Waals surface area contributed by atoms with Gasteiger partial charge >= 0.3 is 0 Å². The highest BCUT2D eigenvalue weighted by atomic mass is 15.1. The average Bonchev–Trinajstić information content (AvgIpc) is 2.41. The molecule has 1 N–H and O–H groups in total. The second-order valence-corrected chi connectivity index (χ2v) is 8.74. The van der Waals surface area contributed by atoms with Crippen LogP contribution in [0, 0.1) is 23.2 Å². The fourth-order valence-corrected chi connectivity index (χ4v) is 4.42. The summed E-state index contributed by atoms with van der Waals surface area (Å²) in [4.78, 5) is 2.75. The van der Waals surface area contributed by atoms with Crippen LogP contribution in [0.25, 0.3) is 0 Å². The van der Waals surface area contributed by atoms with Crippen LogP contribution in [-0.2, 0) is 0 Å². The maximum Gasteiger partial charge on any atom is 0.0113 e. The van der Waals surface area contributed by atoms with Crippen molar-refractivity contribution in [3.05, 3.63) is 0 Å². The molecule has 2 fully saturated rings. The SMILES string of the molecule is CCCNC1CC(C)CC(C)C1CN1CCC(C)(C)CC1. The summed E-state index contributed by atoms with van der Waals surface area (Å²) in [5.74, 6) is 2.62. The van der Waals surface area contributed by atoms with Crippen LogP contribution in [0.15, 0.2) is 0 Å². The zero-order valence-electron chi connectivity index (χ0n) is 15.1. The van der Waals surface area contributed by atoms with E-state index in [1.54, 1.807) is 0 Å². The van der Waals surface area contributed by atoms with E-state index >= 15 is 0 Å². The van der Waals surface area contributed by atoms with Crippen LogP contribution in [0.2, 0.25) is 0 Å². The Labute approximate surface area is 133 Å². The molecule has 0 spiro atoms. The Hall–Kier alpha value is -0.0800. The van der Waals surface area contributed by atoms with Crippen LogP contribution in [0.4, 0.5) is 0 Å². The van der Waals surface area contributed by atoms with E-state index in [-0.39, 0.29) is 0 Å². The average molecular weight is 295 g/mol. The fourth-order valence-electron chi connectivity index (χ4n) is 4.42. The Kier molecular flexibility index (Phi) is 6.14. The summed E-state index contributed by atoms with van der Waals surface area (Å²) in [6, 6.07) is 0.749. The van der Waals surface area contributed by atoms with Gasteiger partial charge in [-0.25, -0.2) is 0 Å². The first-order chi connectivity index (χ1) is 9.91. The van der Waals surface area contributed by atoms with Crippen LogP contribution >= 0.6 is 0 Å². The van der Waals surface area contributed by atoms with Crippen molar-refractivity contribution < 1.29 is 0 Å². The molecule has 21 heavy (non-hydrogen) atoms. The molecule has 1 saturated heterocycles. The Morgan fingerprint density at radius 1 is 1.10 bits per heavy atom. The number of nitrogens with one attached hydrogen (secondary N) is 1. The van der Waals surface area contributed by atoms with E-state index in [0.717, 1.165) is 23.8 Å². The summed E-state index contributed by atoms with van der Waals surface area (Å²) in [5, 5.41) is 3.86. The quantitative estimate of drug-likeness (QED) is 0.819. The van der Waals surface area contributed by atoms with Crippen LogP contribution in [0.5, 0.6) is 0 Å². The molecule has 0 amide bonds. The van der Waals surface area contributed by atoms with Gasteiger partial charge in [-0.05, 0) is 74.9 Å². The molecule has 4 atom stereocenters. The molecule has 0 aromatic rings. The number of hydrogen-bond donors (Lipinski definition) is 1. The number of hydrogen-bond acceptors (Lipinski definition) is 2. The van der Waals surface area contributed by atoms with Gasteiger partial charge in [-0.2, -0.15) is 0 Å². The highest BCUT2D eigenvalue weighted by Gasteiger charge is 2.35. The number of likely N-dealkylation sites (tertiary alicyclic amines) is 1. The van der Waals surface area contributed by atoms with Gasteiger partial charge in [0.15, 0.2) is 0 Å². The minimum Gasteiger partial charge on any atom is -0.314 e. The highest BCUT2D eigenvalue weighted by molar-refractivity contribution is 4.90. The molecule has 4 unspecified atom stereocenters. The van der Waals surface area contributed by atoms with Crippen molar-refractivity contribution in [3.63, 3.8) is 0 Å². The lowest BCUT2D eigenvalue weighted by molar-refractivity contribution is 0.0663. The lowest BCUT2D eigenvalue weighted by atomic mass is 9.71. The summed E-state index contributed by atoms with van der Waals surface area (Å²) in [7, 11) is 0. The van der Waals surface area contributed by atoms with Gasteiger partial charge in [0.1, 0.15) is 0 Å². The Bertz CT molecular complexity index is 303. The second-order valence-electron chi connectivity index (χ2n) is 8.74. The normalized spacial score (nSPS) is 37.6. The summed E-state index contributed by atoms with van der Waals surface area (Å²) in [5.41, 5.74) is 0.572. The van der Waals surface area contributed by atoms with Gasteiger partial charge in [0.25, 0.3) is 0 Å². The van der Waals surface area contributed by atoms with Gasteiger partial charge in [-0.3, -0.25) is 0 Å². The molecule has 0 bridgehead atoms. The monoisotopic (exact) mass is 294 g/mol. The number of piperidine rings is 1. The van der Waals surface area contributed by atoms with E-state index in [9.17, 15) is 0 Å². The minimum absolute atomic E-state index is 0.572. The van der Waals surface area contributed by atoms with Crippen molar-refractivity contribution in [2.75, 3.05) is 26.2 Å². The first-order valence-corrected chi connectivity index (χ1v) is 9.37. The summed E-state index contributed by atoms with van der Waals surface area (Å²) < 4.78 is 0. The second kappa shape index (κ2) is 7.46.